The van der Waals surface area contributed by atoms with Crippen LogP contribution in [0.4, 0.5) is 32.0 Å². The molecule has 0 aliphatic carbocycles. The van der Waals surface area contributed by atoms with E-state index in [1.807, 2.05) is 42.2 Å². The minimum atomic E-state index is -4.92. The highest BCUT2D eigenvalue weighted by Gasteiger charge is 2.42. The number of halogens is 6. The zero-order valence-corrected chi connectivity index (χ0v) is 21.5. The Balaban J connectivity index is 2.04. The number of alkyl halides is 6. The number of amides is 1. The summed E-state index contributed by atoms with van der Waals surface area (Å²) in [5, 5.41) is 2.09. The van der Waals surface area contributed by atoms with E-state index in [9.17, 15) is 31.1 Å². The van der Waals surface area contributed by atoms with Gasteiger partial charge in [-0.15, -0.1) is 13.2 Å². The Morgan fingerprint density at radius 1 is 1.05 bits per heavy atom. The van der Waals surface area contributed by atoms with Crippen LogP contribution in [0.5, 0.6) is 0 Å². The van der Waals surface area contributed by atoms with Gasteiger partial charge in [0.15, 0.2) is 0 Å². The van der Waals surface area contributed by atoms with E-state index in [0.717, 1.165) is 17.8 Å². The van der Waals surface area contributed by atoms with Gasteiger partial charge in [0.25, 0.3) is 0 Å². The van der Waals surface area contributed by atoms with Crippen LogP contribution in [0.1, 0.15) is 49.0 Å². The molecule has 10 heteroatoms. The molecule has 1 N–H and O–H groups in total. The normalized spacial score (nSPS) is 20.9. The minimum Gasteiger partial charge on any atom is -0.356 e. The molecule has 0 aromatic heterocycles. The Hall–Kier alpha value is -2.80. The van der Waals surface area contributed by atoms with Crippen LogP contribution in [0, 0.1) is 0 Å². The Morgan fingerprint density at radius 3 is 2.05 bits per heavy atom. The highest BCUT2D eigenvalue weighted by molar-refractivity contribution is 7.40. The molecular formula is C27H29F6N2OP. The summed E-state index contributed by atoms with van der Waals surface area (Å²) < 4.78 is 80.8. The second kappa shape index (κ2) is 10.5. The van der Waals surface area contributed by atoms with Gasteiger partial charge in [-0.2, -0.15) is 26.3 Å². The minimum absolute atomic E-state index is 0.0610. The summed E-state index contributed by atoms with van der Waals surface area (Å²) in [4.78, 5) is 14.1. The zero-order chi connectivity index (χ0) is 27.6. The molecule has 0 bridgehead atoms. The fourth-order valence-electron chi connectivity index (χ4n) is 4.49. The number of nitrogens with zero attached hydrogens (tertiary/aromatic N) is 1. The highest BCUT2D eigenvalue weighted by Crippen LogP contribution is 2.50. The molecule has 2 aromatic rings. The van der Waals surface area contributed by atoms with Crippen LogP contribution in [-0.4, -0.2) is 23.3 Å². The maximum atomic E-state index is 13.5. The third-order valence-electron chi connectivity index (χ3n) is 6.66. The van der Waals surface area contributed by atoms with Crippen LogP contribution in [0.2, 0.25) is 0 Å². The standard InChI is InChI=1S/C27H29F6N2OP/c1-5-24(4,35(22-10-8-7-9-11-22)17-25(6-2)13-12-23(36)34-25)37-18(3)19-14-20(26(28,29)30)16-21(15-19)27(31,32)33/h5-11,14-16,18,37H,1-2,12-13,17H2,3-4H3,(H,34,36)/t18-,24+,25-/m0/s1. The Labute approximate surface area is 214 Å². The first-order valence-electron chi connectivity index (χ1n) is 11.6. The molecule has 0 radical (unpaired) electrons. The molecule has 2 aromatic carbocycles. The Kier molecular flexibility index (Phi) is 8.18. The van der Waals surface area contributed by atoms with Crippen LogP contribution in [0.15, 0.2) is 73.8 Å². The summed E-state index contributed by atoms with van der Waals surface area (Å²) in [6.07, 6.45) is -5.69. The van der Waals surface area contributed by atoms with Crippen molar-refractivity contribution >= 4 is 20.2 Å². The quantitative estimate of drug-likeness (QED) is 0.200. The van der Waals surface area contributed by atoms with Gasteiger partial charge in [-0.05, 0) is 49.2 Å². The van der Waals surface area contributed by atoms with E-state index >= 15 is 0 Å². The third-order valence-corrected chi connectivity index (χ3v) is 8.49. The fraction of sp³-hybridized carbons (Fsp3) is 0.370. The van der Waals surface area contributed by atoms with Crippen LogP contribution in [-0.2, 0) is 17.1 Å². The molecule has 37 heavy (non-hydrogen) atoms. The number of nitrogens with one attached hydrogen (secondary N) is 1. The number of anilines is 1. The predicted molar refractivity (Wildman–Crippen MR) is 136 cm³/mol. The van der Waals surface area contributed by atoms with Crippen molar-refractivity contribution in [2.45, 2.75) is 55.5 Å². The van der Waals surface area contributed by atoms with Gasteiger partial charge in [0, 0.05) is 24.3 Å². The summed E-state index contributed by atoms with van der Waals surface area (Å²) in [7, 11) is -0.177. The zero-order valence-electron chi connectivity index (χ0n) is 20.5. The maximum absolute atomic E-state index is 13.5. The number of carbonyl (C=O) groups is 1. The molecule has 3 rings (SSSR count). The molecular weight excluding hydrogens is 513 g/mol. The van der Waals surface area contributed by atoms with Gasteiger partial charge in [-0.25, -0.2) is 0 Å². The molecule has 1 heterocycles. The maximum Gasteiger partial charge on any atom is 0.416 e. The summed E-state index contributed by atoms with van der Waals surface area (Å²) in [5.74, 6) is -0.118. The van der Waals surface area contributed by atoms with Gasteiger partial charge < -0.3 is 10.2 Å². The molecule has 1 amide bonds. The molecule has 3 nitrogen and oxygen atoms in total. The predicted octanol–water partition coefficient (Wildman–Crippen LogP) is 7.71. The van der Waals surface area contributed by atoms with Crippen LogP contribution in [0.3, 0.4) is 0 Å². The van der Waals surface area contributed by atoms with E-state index in [-0.39, 0.29) is 26.1 Å². The number of hydrogen-bond donors (Lipinski definition) is 1. The molecule has 1 aliphatic heterocycles. The van der Waals surface area contributed by atoms with E-state index in [1.165, 1.54) is 0 Å². The monoisotopic (exact) mass is 542 g/mol. The Morgan fingerprint density at radius 2 is 1.62 bits per heavy atom. The number of rotatable bonds is 9. The Bertz CT molecular complexity index is 1120. The summed E-state index contributed by atoms with van der Waals surface area (Å²) in [5.41, 5.74) is -3.39. The summed E-state index contributed by atoms with van der Waals surface area (Å²) >= 11 is 0. The molecule has 1 aliphatic rings. The average molecular weight is 543 g/mol. The lowest BCUT2D eigenvalue weighted by Crippen LogP contribution is -2.55. The summed E-state index contributed by atoms with van der Waals surface area (Å²) in [6.45, 7) is 11.6. The largest absolute Gasteiger partial charge is 0.416 e. The lowest BCUT2D eigenvalue weighted by Gasteiger charge is -2.46. The smallest absolute Gasteiger partial charge is 0.356 e. The van der Waals surface area contributed by atoms with E-state index in [2.05, 4.69) is 18.5 Å². The van der Waals surface area contributed by atoms with Crippen LogP contribution >= 0.6 is 8.58 Å². The van der Waals surface area contributed by atoms with E-state index < -0.39 is 40.0 Å². The molecule has 200 valence electrons. The molecule has 4 atom stereocenters. The van der Waals surface area contributed by atoms with Crippen molar-refractivity contribution in [3.05, 3.63) is 90.5 Å². The SMILES string of the molecule is C=C[C@@]1(CN(c2ccccc2)[C@@](C)(C=C)P[C@@H](C)c2cc(C(F)(F)F)cc(C(F)(F)F)c2)CCC(=O)N1. The molecule has 0 spiro atoms. The average Bonchev–Trinajstić information content (AvgIpc) is 3.22. The fourth-order valence-corrected chi connectivity index (χ4v) is 6.18. The first kappa shape index (κ1) is 28.8. The van der Waals surface area contributed by atoms with Gasteiger partial charge >= 0.3 is 12.4 Å². The van der Waals surface area contributed by atoms with Crippen molar-refractivity contribution in [3.63, 3.8) is 0 Å². The molecule has 1 fully saturated rings. The van der Waals surface area contributed by atoms with Crippen molar-refractivity contribution in [2.24, 2.45) is 0 Å². The van der Waals surface area contributed by atoms with E-state index in [4.69, 9.17) is 0 Å². The van der Waals surface area contributed by atoms with Crippen LogP contribution < -0.4 is 10.2 Å². The highest BCUT2D eigenvalue weighted by atomic mass is 31.1. The first-order chi connectivity index (χ1) is 17.1. The second-order valence-corrected chi connectivity index (χ2v) is 11.6. The number of benzene rings is 2. The molecule has 0 saturated carbocycles. The van der Waals surface area contributed by atoms with Crippen molar-refractivity contribution in [2.75, 3.05) is 11.4 Å². The molecule has 1 unspecified atom stereocenters. The number of hydrogen-bond acceptors (Lipinski definition) is 2. The van der Waals surface area contributed by atoms with Crippen molar-refractivity contribution < 1.29 is 31.1 Å². The van der Waals surface area contributed by atoms with E-state index in [1.54, 1.807) is 19.1 Å². The van der Waals surface area contributed by atoms with Crippen molar-refractivity contribution in [1.29, 1.82) is 0 Å². The van der Waals surface area contributed by atoms with Gasteiger partial charge in [-0.1, -0.05) is 45.9 Å². The van der Waals surface area contributed by atoms with Crippen molar-refractivity contribution in [3.8, 4) is 0 Å². The van der Waals surface area contributed by atoms with Gasteiger partial charge in [0.2, 0.25) is 5.91 Å². The van der Waals surface area contributed by atoms with E-state index in [0.29, 0.717) is 19.4 Å². The number of para-hydroxylation sites is 1. The second-order valence-electron chi connectivity index (χ2n) is 9.39. The van der Waals surface area contributed by atoms with Gasteiger partial charge in [-0.3, -0.25) is 4.79 Å². The lowest BCUT2D eigenvalue weighted by molar-refractivity contribution is -0.143. The number of carbonyl (C=O) groups excluding carboxylic acids is 1. The summed E-state index contributed by atoms with van der Waals surface area (Å²) in [6, 6.07) is 10.9. The van der Waals surface area contributed by atoms with Gasteiger partial charge in [0.05, 0.1) is 21.9 Å². The third kappa shape index (κ3) is 6.56. The molecule has 1 saturated heterocycles. The lowest BCUT2D eigenvalue weighted by atomic mass is 9.95. The van der Waals surface area contributed by atoms with Crippen molar-refractivity contribution in [1.82, 2.24) is 5.32 Å². The first-order valence-corrected chi connectivity index (χ1v) is 12.7. The topological polar surface area (TPSA) is 32.3 Å². The van der Waals surface area contributed by atoms with Crippen LogP contribution in [0.25, 0.3) is 0 Å². The van der Waals surface area contributed by atoms with Gasteiger partial charge in [0.1, 0.15) is 0 Å².